The summed E-state index contributed by atoms with van der Waals surface area (Å²) in [6.07, 6.45) is 5.11. The number of carbonyl (C=O) groups excluding carboxylic acids is 1. The van der Waals surface area contributed by atoms with E-state index in [0.29, 0.717) is 17.2 Å². The number of hydrogen-bond donors (Lipinski definition) is 1. The van der Waals surface area contributed by atoms with Gasteiger partial charge in [0, 0.05) is 35.4 Å². The van der Waals surface area contributed by atoms with Gasteiger partial charge in [0.25, 0.3) is 0 Å². The van der Waals surface area contributed by atoms with Gasteiger partial charge in [-0.15, -0.1) is 12.4 Å². The van der Waals surface area contributed by atoms with Crippen LogP contribution in [0.15, 0.2) is 61.1 Å². The molecule has 0 fully saturated rings. The third-order valence-corrected chi connectivity index (χ3v) is 3.12. The first-order chi connectivity index (χ1) is 10.7. The number of ketones is 1. The molecule has 3 rings (SSSR count). The molecule has 0 aliphatic carbocycles. The van der Waals surface area contributed by atoms with Gasteiger partial charge in [-0.3, -0.25) is 9.78 Å². The summed E-state index contributed by atoms with van der Waals surface area (Å²) < 4.78 is 0. The summed E-state index contributed by atoms with van der Waals surface area (Å²) in [6, 6.07) is 12.8. The lowest BCUT2D eigenvalue weighted by Crippen LogP contribution is -1.98. The number of halogens is 1. The van der Waals surface area contributed by atoms with Gasteiger partial charge in [0.1, 0.15) is 5.82 Å². The van der Waals surface area contributed by atoms with Gasteiger partial charge >= 0.3 is 0 Å². The van der Waals surface area contributed by atoms with Gasteiger partial charge in [0.15, 0.2) is 11.6 Å². The van der Waals surface area contributed by atoms with Crippen LogP contribution in [0.25, 0.3) is 11.4 Å². The van der Waals surface area contributed by atoms with Gasteiger partial charge in [0.2, 0.25) is 0 Å². The summed E-state index contributed by atoms with van der Waals surface area (Å²) in [5.41, 5.74) is 2.32. The van der Waals surface area contributed by atoms with Crippen LogP contribution in [-0.2, 0) is 0 Å². The minimum Gasteiger partial charge on any atom is -0.340 e. The standard InChI is InChI=1S/C17H14N4O.ClH/c1-12(22)13-4-2-6-15(10-13)20-16-7-9-19-17(21-16)14-5-3-8-18-11-14;/h2-11H,1H3,(H,19,20,21);1H. The quantitative estimate of drug-likeness (QED) is 0.736. The molecule has 1 N–H and O–H groups in total. The van der Waals surface area contributed by atoms with Crippen LogP contribution < -0.4 is 5.32 Å². The minimum atomic E-state index is 0. The predicted molar refractivity (Wildman–Crippen MR) is 92.2 cm³/mol. The zero-order chi connectivity index (χ0) is 15.4. The fraction of sp³-hybridized carbons (Fsp3) is 0.0588. The first kappa shape index (κ1) is 16.6. The maximum atomic E-state index is 11.4. The lowest BCUT2D eigenvalue weighted by Gasteiger charge is -2.08. The van der Waals surface area contributed by atoms with Crippen molar-refractivity contribution in [3.63, 3.8) is 0 Å². The van der Waals surface area contributed by atoms with Crippen molar-refractivity contribution in [2.45, 2.75) is 6.92 Å². The number of hydrogen-bond acceptors (Lipinski definition) is 5. The molecule has 3 aromatic rings. The molecule has 0 saturated heterocycles. The van der Waals surface area contributed by atoms with Crippen LogP contribution in [0.3, 0.4) is 0 Å². The van der Waals surface area contributed by atoms with Crippen molar-refractivity contribution in [2.24, 2.45) is 0 Å². The second kappa shape index (κ2) is 7.47. The van der Waals surface area contributed by atoms with Crippen molar-refractivity contribution < 1.29 is 4.79 Å². The smallest absolute Gasteiger partial charge is 0.163 e. The molecule has 23 heavy (non-hydrogen) atoms. The highest BCUT2D eigenvalue weighted by atomic mass is 35.5. The van der Waals surface area contributed by atoms with Crippen LogP contribution in [0.1, 0.15) is 17.3 Å². The van der Waals surface area contributed by atoms with Crippen molar-refractivity contribution in [3.05, 3.63) is 66.6 Å². The summed E-state index contributed by atoms with van der Waals surface area (Å²) in [7, 11) is 0. The number of aromatic nitrogens is 3. The van der Waals surface area contributed by atoms with Crippen LogP contribution in [0, 0.1) is 0 Å². The topological polar surface area (TPSA) is 67.8 Å². The van der Waals surface area contributed by atoms with Crippen molar-refractivity contribution in [2.75, 3.05) is 5.32 Å². The molecule has 0 aliphatic rings. The Labute approximate surface area is 140 Å². The molecule has 0 radical (unpaired) electrons. The van der Waals surface area contributed by atoms with Gasteiger partial charge in [0.05, 0.1) is 0 Å². The van der Waals surface area contributed by atoms with Crippen LogP contribution >= 0.6 is 12.4 Å². The van der Waals surface area contributed by atoms with E-state index in [1.165, 1.54) is 0 Å². The molecule has 1 aromatic carbocycles. The molecule has 0 spiro atoms. The maximum absolute atomic E-state index is 11.4. The van der Waals surface area contributed by atoms with Gasteiger partial charge in [-0.2, -0.15) is 0 Å². The Morgan fingerprint density at radius 1 is 1.09 bits per heavy atom. The molecule has 5 nitrogen and oxygen atoms in total. The minimum absolute atomic E-state index is 0. The number of pyridine rings is 1. The molecule has 2 heterocycles. The van der Waals surface area contributed by atoms with E-state index >= 15 is 0 Å². The third-order valence-electron chi connectivity index (χ3n) is 3.12. The molecule has 6 heteroatoms. The molecule has 0 amide bonds. The van der Waals surface area contributed by atoms with E-state index in [0.717, 1.165) is 11.3 Å². The van der Waals surface area contributed by atoms with E-state index in [9.17, 15) is 4.79 Å². The number of carbonyl (C=O) groups is 1. The number of anilines is 2. The number of nitrogens with one attached hydrogen (secondary N) is 1. The molecular weight excluding hydrogens is 312 g/mol. The number of nitrogens with zero attached hydrogens (tertiary/aromatic N) is 3. The zero-order valence-corrected chi connectivity index (χ0v) is 13.2. The monoisotopic (exact) mass is 326 g/mol. The molecular formula is C17H15ClN4O. The van der Waals surface area contributed by atoms with E-state index in [2.05, 4.69) is 20.3 Å². The fourth-order valence-electron chi connectivity index (χ4n) is 2.03. The second-order valence-corrected chi connectivity index (χ2v) is 4.77. The number of rotatable bonds is 4. The van der Waals surface area contributed by atoms with Crippen LogP contribution in [0.2, 0.25) is 0 Å². The summed E-state index contributed by atoms with van der Waals surface area (Å²) in [4.78, 5) is 24.2. The predicted octanol–water partition coefficient (Wildman–Crippen LogP) is 3.91. The largest absolute Gasteiger partial charge is 0.340 e. The Hall–Kier alpha value is -2.79. The molecule has 0 saturated carbocycles. The fourth-order valence-corrected chi connectivity index (χ4v) is 2.03. The third kappa shape index (κ3) is 4.11. The SMILES string of the molecule is CC(=O)c1cccc(Nc2ccnc(-c3cccnc3)n2)c1.Cl. The second-order valence-electron chi connectivity index (χ2n) is 4.77. The zero-order valence-electron chi connectivity index (χ0n) is 12.4. The van der Waals surface area contributed by atoms with E-state index in [1.807, 2.05) is 24.3 Å². The Morgan fingerprint density at radius 3 is 2.70 bits per heavy atom. The summed E-state index contributed by atoms with van der Waals surface area (Å²) in [5, 5.41) is 3.19. The van der Waals surface area contributed by atoms with Crippen molar-refractivity contribution >= 4 is 29.7 Å². The van der Waals surface area contributed by atoms with Gasteiger partial charge < -0.3 is 5.32 Å². The first-order valence-corrected chi connectivity index (χ1v) is 6.84. The maximum Gasteiger partial charge on any atom is 0.163 e. The molecule has 116 valence electrons. The Morgan fingerprint density at radius 2 is 1.96 bits per heavy atom. The Balaban J connectivity index is 0.00000192. The average Bonchev–Trinajstić information content (AvgIpc) is 2.56. The lowest BCUT2D eigenvalue weighted by atomic mass is 10.1. The molecule has 0 unspecified atom stereocenters. The van der Waals surface area contributed by atoms with Gasteiger partial charge in [-0.25, -0.2) is 9.97 Å². The van der Waals surface area contributed by atoms with E-state index in [1.54, 1.807) is 43.7 Å². The van der Waals surface area contributed by atoms with Crippen LogP contribution in [0.5, 0.6) is 0 Å². The highest BCUT2D eigenvalue weighted by molar-refractivity contribution is 5.95. The van der Waals surface area contributed by atoms with E-state index < -0.39 is 0 Å². The van der Waals surface area contributed by atoms with E-state index in [4.69, 9.17) is 0 Å². The lowest BCUT2D eigenvalue weighted by molar-refractivity contribution is 0.101. The number of Topliss-reactive ketones (excluding diaryl/α,β-unsaturated/α-hetero) is 1. The Kier molecular flexibility index (Phi) is 5.38. The van der Waals surface area contributed by atoms with Gasteiger partial charge in [-0.1, -0.05) is 12.1 Å². The summed E-state index contributed by atoms with van der Waals surface area (Å²) >= 11 is 0. The molecule has 2 aromatic heterocycles. The molecule has 0 bridgehead atoms. The highest BCUT2D eigenvalue weighted by Gasteiger charge is 2.04. The highest BCUT2D eigenvalue weighted by Crippen LogP contribution is 2.19. The van der Waals surface area contributed by atoms with Crippen LogP contribution in [0.4, 0.5) is 11.5 Å². The Bertz CT molecular complexity index is 808. The van der Waals surface area contributed by atoms with Crippen molar-refractivity contribution in [3.8, 4) is 11.4 Å². The van der Waals surface area contributed by atoms with E-state index in [-0.39, 0.29) is 18.2 Å². The van der Waals surface area contributed by atoms with Crippen LogP contribution in [-0.4, -0.2) is 20.7 Å². The molecule has 0 atom stereocenters. The van der Waals surface area contributed by atoms with Crippen molar-refractivity contribution in [1.29, 1.82) is 0 Å². The number of benzene rings is 1. The molecule has 0 aliphatic heterocycles. The first-order valence-electron chi connectivity index (χ1n) is 6.84. The average molecular weight is 327 g/mol. The normalized spacial score (nSPS) is 9.78. The van der Waals surface area contributed by atoms with Gasteiger partial charge in [-0.05, 0) is 37.3 Å². The summed E-state index contributed by atoms with van der Waals surface area (Å²) in [6.45, 7) is 1.55. The summed E-state index contributed by atoms with van der Waals surface area (Å²) in [5.74, 6) is 1.29. The van der Waals surface area contributed by atoms with Crippen molar-refractivity contribution in [1.82, 2.24) is 15.0 Å².